The number of anilines is 1. The van der Waals surface area contributed by atoms with Gasteiger partial charge in [-0.25, -0.2) is 9.97 Å². The summed E-state index contributed by atoms with van der Waals surface area (Å²) < 4.78 is 0. The number of hydrogen-bond donors (Lipinski definition) is 2. The van der Waals surface area contributed by atoms with Crippen LogP contribution in [-0.2, 0) is 0 Å². The summed E-state index contributed by atoms with van der Waals surface area (Å²) in [5, 5.41) is 7.86. The maximum atomic E-state index is 5.69. The summed E-state index contributed by atoms with van der Waals surface area (Å²) in [5.74, 6) is 0. The first-order valence-electron chi connectivity index (χ1n) is 3.60. The molecule has 0 aromatic carbocycles. The minimum absolute atomic E-state index is 0.643. The Morgan fingerprint density at radius 1 is 1.38 bits per heavy atom. The number of nitrogens with one attached hydrogen (secondary N) is 1. The number of rotatable bonds is 2. The van der Waals surface area contributed by atoms with Gasteiger partial charge in [0, 0.05) is 6.20 Å². The van der Waals surface area contributed by atoms with Crippen molar-refractivity contribution in [3.05, 3.63) is 24.7 Å². The van der Waals surface area contributed by atoms with Gasteiger partial charge >= 0.3 is 0 Å². The van der Waals surface area contributed by atoms with Crippen LogP contribution in [0.1, 0.15) is 0 Å². The Morgan fingerprint density at radius 2 is 2.31 bits per heavy atom. The molecule has 0 unspecified atom stereocenters. The summed E-state index contributed by atoms with van der Waals surface area (Å²) in [6.07, 6.45) is 3.14. The summed E-state index contributed by atoms with van der Waals surface area (Å²) >= 11 is 1.36. The molecule has 2 aromatic heterocycles. The predicted molar refractivity (Wildman–Crippen MR) is 49.2 cm³/mol. The summed E-state index contributed by atoms with van der Waals surface area (Å²) in [7, 11) is 0. The van der Waals surface area contributed by atoms with Gasteiger partial charge in [0.25, 0.3) is 0 Å². The van der Waals surface area contributed by atoms with Crippen LogP contribution < -0.4 is 5.73 Å². The van der Waals surface area contributed by atoms with Crippen molar-refractivity contribution in [3.63, 3.8) is 0 Å². The number of nitrogen functional groups attached to an aromatic ring is 1. The first-order valence-corrected chi connectivity index (χ1v) is 4.41. The number of aromatic nitrogens is 4. The zero-order chi connectivity index (χ0) is 9.10. The van der Waals surface area contributed by atoms with Crippen LogP contribution in [0.3, 0.4) is 0 Å². The lowest BCUT2D eigenvalue weighted by atomic mass is 10.4. The number of nitrogens with zero attached hydrogens (tertiary/aromatic N) is 3. The number of nitrogens with two attached hydrogens (primary N) is 1. The zero-order valence-electron chi connectivity index (χ0n) is 6.64. The molecule has 0 aliphatic heterocycles. The molecule has 2 rings (SSSR count). The Kier molecular flexibility index (Phi) is 2.13. The largest absolute Gasteiger partial charge is 0.397 e. The first-order chi connectivity index (χ1) is 6.36. The van der Waals surface area contributed by atoms with Crippen molar-refractivity contribution < 1.29 is 0 Å². The second-order valence-electron chi connectivity index (χ2n) is 2.29. The molecule has 0 saturated carbocycles. The Hall–Kier alpha value is -1.56. The van der Waals surface area contributed by atoms with Crippen LogP contribution in [0.25, 0.3) is 0 Å². The average Bonchev–Trinajstić information content (AvgIpc) is 2.61. The highest BCUT2D eigenvalue weighted by Gasteiger charge is 2.03. The Balaban J connectivity index is 2.24. The number of aromatic amines is 1. The van der Waals surface area contributed by atoms with Gasteiger partial charge in [0.05, 0.1) is 5.69 Å². The lowest BCUT2D eigenvalue weighted by molar-refractivity contribution is 0.968. The van der Waals surface area contributed by atoms with Gasteiger partial charge in [0.2, 0.25) is 0 Å². The molecule has 0 spiro atoms. The highest BCUT2D eigenvalue weighted by Crippen LogP contribution is 2.26. The zero-order valence-corrected chi connectivity index (χ0v) is 7.45. The van der Waals surface area contributed by atoms with Crippen molar-refractivity contribution in [3.8, 4) is 0 Å². The van der Waals surface area contributed by atoms with Crippen molar-refractivity contribution >= 4 is 17.4 Å². The number of H-pyrrole nitrogens is 1. The van der Waals surface area contributed by atoms with E-state index in [1.54, 1.807) is 18.3 Å². The van der Waals surface area contributed by atoms with Gasteiger partial charge in [-0.3, -0.25) is 5.10 Å². The quantitative estimate of drug-likeness (QED) is 0.741. The fourth-order valence-corrected chi connectivity index (χ4v) is 1.50. The molecule has 3 N–H and O–H groups in total. The second kappa shape index (κ2) is 3.44. The van der Waals surface area contributed by atoms with Crippen LogP contribution in [0.5, 0.6) is 0 Å². The lowest BCUT2D eigenvalue weighted by Crippen LogP contribution is -1.90. The van der Waals surface area contributed by atoms with Crippen molar-refractivity contribution in [1.29, 1.82) is 0 Å². The molecule has 0 radical (unpaired) electrons. The van der Waals surface area contributed by atoms with Gasteiger partial charge in [-0.05, 0) is 23.9 Å². The van der Waals surface area contributed by atoms with E-state index in [0.717, 1.165) is 5.03 Å². The fraction of sp³-hybridized carbons (Fsp3) is 0. The Morgan fingerprint density at radius 3 is 3.00 bits per heavy atom. The third-order valence-electron chi connectivity index (χ3n) is 1.39. The van der Waals surface area contributed by atoms with Crippen LogP contribution in [0.4, 0.5) is 5.69 Å². The molecule has 0 bridgehead atoms. The molecule has 2 aromatic rings. The van der Waals surface area contributed by atoms with Crippen LogP contribution in [0.15, 0.2) is 34.8 Å². The first kappa shape index (κ1) is 8.06. The Labute approximate surface area is 78.8 Å². The SMILES string of the molecule is Nc1cccnc1Sc1ncn[nH]1. The van der Waals surface area contributed by atoms with E-state index in [2.05, 4.69) is 20.2 Å². The summed E-state index contributed by atoms with van der Waals surface area (Å²) in [6, 6.07) is 3.59. The molecular weight excluding hydrogens is 186 g/mol. The van der Waals surface area contributed by atoms with E-state index < -0.39 is 0 Å². The lowest BCUT2D eigenvalue weighted by Gasteiger charge is -1.99. The molecule has 0 aliphatic rings. The normalized spacial score (nSPS) is 10.2. The van der Waals surface area contributed by atoms with Crippen molar-refractivity contribution in [1.82, 2.24) is 20.2 Å². The molecular formula is C7H7N5S. The van der Waals surface area contributed by atoms with Crippen molar-refractivity contribution in [2.45, 2.75) is 10.2 Å². The molecule has 6 heteroatoms. The van der Waals surface area contributed by atoms with E-state index in [4.69, 9.17) is 5.73 Å². The molecule has 5 nitrogen and oxygen atoms in total. The van der Waals surface area contributed by atoms with Crippen LogP contribution in [0, 0.1) is 0 Å². The average molecular weight is 193 g/mol. The highest BCUT2D eigenvalue weighted by atomic mass is 32.2. The van der Waals surface area contributed by atoms with Gasteiger partial charge in [-0.1, -0.05) is 0 Å². The smallest absolute Gasteiger partial charge is 0.189 e. The van der Waals surface area contributed by atoms with Crippen molar-refractivity contribution in [2.75, 3.05) is 5.73 Å². The third-order valence-corrected chi connectivity index (χ3v) is 2.31. The second-order valence-corrected chi connectivity index (χ2v) is 3.27. The molecule has 0 aliphatic carbocycles. The maximum Gasteiger partial charge on any atom is 0.189 e. The van der Waals surface area contributed by atoms with Gasteiger partial charge < -0.3 is 5.73 Å². The minimum atomic E-state index is 0.643. The molecule has 0 saturated heterocycles. The monoisotopic (exact) mass is 193 g/mol. The van der Waals surface area contributed by atoms with Crippen LogP contribution >= 0.6 is 11.8 Å². The Bertz CT molecular complexity index is 386. The van der Waals surface area contributed by atoms with E-state index in [0.29, 0.717) is 10.8 Å². The van der Waals surface area contributed by atoms with Gasteiger partial charge in [0.1, 0.15) is 11.4 Å². The number of hydrogen-bond acceptors (Lipinski definition) is 5. The van der Waals surface area contributed by atoms with Gasteiger partial charge in [-0.2, -0.15) is 5.10 Å². The minimum Gasteiger partial charge on any atom is -0.397 e. The molecule has 13 heavy (non-hydrogen) atoms. The molecule has 0 amide bonds. The maximum absolute atomic E-state index is 5.69. The summed E-state index contributed by atoms with van der Waals surface area (Å²) in [4.78, 5) is 8.06. The molecule has 0 fully saturated rings. The van der Waals surface area contributed by atoms with Crippen LogP contribution in [-0.4, -0.2) is 20.2 Å². The standard InChI is InChI=1S/C7H7N5S/c8-5-2-1-3-9-6(5)13-7-10-4-11-12-7/h1-4H,8H2,(H,10,11,12). The molecule has 0 atom stereocenters. The number of pyridine rings is 1. The van der Waals surface area contributed by atoms with Crippen molar-refractivity contribution in [2.24, 2.45) is 0 Å². The predicted octanol–water partition coefficient (Wildman–Crippen LogP) is 0.933. The van der Waals surface area contributed by atoms with E-state index in [1.165, 1.54) is 18.1 Å². The summed E-state index contributed by atoms with van der Waals surface area (Å²) in [6.45, 7) is 0. The van der Waals surface area contributed by atoms with Gasteiger partial charge in [-0.15, -0.1) is 0 Å². The van der Waals surface area contributed by atoms with Crippen LogP contribution in [0.2, 0.25) is 0 Å². The third kappa shape index (κ3) is 1.78. The van der Waals surface area contributed by atoms with E-state index in [1.807, 2.05) is 0 Å². The topological polar surface area (TPSA) is 80.5 Å². The van der Waals surface area contributed by atoms with E-state index in [-0.39, 0.29) is 0 Å². The van der Waals surface area contributed by atoms with Gasteiger partial charge in [0.15, 0.2) is 5.16 Å². The van der Waals surface area contributed by atoms with E-state index >= 15 is 0 Å². The van der Waals surface area contributed by atoms with E-state index in [9.17, 15) is 0 Å². The summed E-state index contributed by atoms with van der Waals surface area (Å²) in [5.41, 5.74) is 6.33. The molecule has 2 heterocycles. The molecule has 66 valence electrons. The fourth-order valence-electron chi connectivity index (χ4n) is 0.824. The highest BCUT2D eigenvalue weighted by molar-refractivity contribution is 7.99.